The highest BCUT2D eigenvalue weighted by molar-refractivity contribution is 14.1. The van der Waals surface area contributed by atoms with Crippen LogP contribution in [-0.2, 0) is 12.0 Å². The first-order chi connectivity index (χ1) is 17.3. The van der Waals surface area contributed by atoms with Gasteiger partial charge in [-0.15, -0.1) is 11.3 Å². The Labute approximate surface area is 228 Å². The van der Waals surface area contributed by atoms with E-state index in [0.29, 0.717) is 18.1 Å². The molecule has 0 fully saturated rings. The third kappa shape index (κ3) is 5.29. The molecule has 6 nitrogen and oxygen atoms in total. The number of halogens is 1. The number of nitrogens with zero attached hydrogens (tertiary/aromatic N) is 4. The van der Waals surface area contributed by atoms with Crippen LogP contribution >= 0.6 is 33.9 Å². The molecule has 36 heavy (non-hydrogen) atoms. The maximum atomic E-state index is 13.7. The Morgan fingerprint density at radius 2 is 1.72 bits per heavy atom. The van der Waals surface area contributed by atoms with Gasteiger partial charge in [-0.25, -0.2) is 4.68 Å². The lowest BCUT2D eigenvalue weighted by molar-refractivity contribution is 0.101. The van der Waals surface area contributed by atoms with Crippen molar-refractivity contribution in [3.05, 3.63) is 105 Å². The molecule has 0 saturated carbocycles. The van der Waals surface area contributed by atoms with E-state index in [1.54, 1.807) is 20.7 Å². The summed E-state index contributed by atoms with van der Waals surface area (Å²) in [6.45, 7) is 6.81. The lowest BCUT2D eigenvalue weighted by Gasteiger charge is -2.14. The van der Waals surface area contributed by atoms with Gasteiger partial charge in [-0.2, -0.15) is 10.2 Å². The molecule has 1 N–H and O–H groups in total. The largest absolute Gasteiger partial charge is 0.305 e. The molecule has 3 heterocycles. The Hall–Kier alpha value is -3.24. The van der Waals surface area contributed by atoms with E-state index < -0.39 is 0 Å². The molecule has 5 rings (SSSR count). The maximum absolute atomic E-state index is 13.7. The average molecular weight is 608 g/mol. The third-order valence-electron chi connectivity index (χ3n) is 5.75. The van der Waals surface area contributed by atoms with Crippen LogP contribution in [0.25, 0.3) is 16.3 Å². The van der Waals surface area contributed by atoms with Crippen LogP contribution in [0, 0.1) is 3.57 Å². The Balaban J connectivity index is 1.53. The SMILES string of the molecule is CC(C)(C)c1cc(C(=O)Nc2cc(-c3cccs3)nn2-c2ccc(I)cc2)n(Cc2ccccc2)n1. The molecule has 2 aromatic carbocycles. The van der Waals surface area contributed by atoms with Crippen molar-refractivity contribution in [1.29, 1.82) is 0 Å². The number of carbonyl (C=O) groups excluding carboxylic acids is 1. The number of rotatable bonds is 6. The molecular weight excluding hydrogens is 581 g/mol. The zero-order valence-corrected chi connectivity index (χ0v) is 23.2. The lowest BCUT2D eigenvalue weighted by Crippen LogP contribution is -2.20. The van der Waals surface area contributed by atoms with E-state index in [1.807, 2.05) is 84.2 Å². The Morgan fingerprint density at radius 3 is 2.39 bits per heavy atom. The smallest absolute Gasteiger partial charge is 0.275 e. The van der Waals surface area contributed by atoms with E-state index in [-0.39, 0.29) is 11.3 Å². The van der Waals surface area contributed by atoms with Crippen molar-refractivity contribution in [2.24, 2.45) is 0 Å². The van der Waals surface area contributed by atoms with Gasteiger partial charge in [0.25, 0.3) is 5.91 Å². The van der Waals surface area contributed by atoms with Gasteiger partial charge in [-0.05, 0) is 69.9 Å². The fourth-order valence-electron chi connectivity index (χ4n) is 3.82. The number of carbonyl (C=O) groups is 1. The van der Waals surface area contributed by atoms with Gasteiger partial charge in [0.1, 0.15) is 17.2 Å². The topological polar surface area (TPSA) is 64.7 Å². The summed E-state index contributed by atoms with van der Waals surface area (Å²) >= 11 is 3.90. The van der Waals surface area contributed by atoms with Crippen LogP contribution in [-0.4, -0.2) is 25.5 Å². The highest BCUT2D eigenvalue weighted by Gasteiger charge is 2.24. The van der Waals surface area contributed by atoms with Gasteiger partial charge < -0.3 is 5.32 Å². The number of anilines is 1. The summed E-state index contributed by atoms with van der Waals surface area (Å²) in [4.78, 5) is 14.7. The summed E-state index contributed by atoms with van der Waals surface area (Å²) in [5, 5.41) is 14.8. The van der Waals surface area contributed by atoms with Gasteiger partial charge in [0.15, 0.2) is 0 Å². The highest BCUT2D eigenvalue weighted by atomic mass is 127. The predicted molar refractivity (Wildman–Crippen MR) is 154 cm³/mol. The molecule has 0 spiro atoms. The maximum Gasteiger partial charge on any atom is 0.275 e. The molecule has 8 heteroatoms. The van der Waals surface area contributed by atoms with Crippen molar-refractivity contribution >= 4 is 45.7 Å². The first-order valence-electron chi connectivity index (χ1n) is 11.6. The number of aromatic nitrogens is 4. The van der Waals surface area contributed by atoms with Crippen molar-refractivity contribution in [3.8, 4) is 16.3 Å². The average Bonchev–Trinajstić information content (AvgIpc) is 3.60. The fraction of sp³-hybridized carbons (Fsp3) is 0.179. The number of hydrogen-bond donors (Lipinski definition) is 1. The monoisotopic (exact) mass is 607 g/mol. The van der Waals surface area contributed by atoms with Crippen LogP contribution in [0.2, 0.25) is 0 Å². The van der Waals surface area contributed by atoms with Gasteiger partial charge in [0.05, 0.1) is 22.8 Å². The summed E-state index contributed by atoms with van der Waals surface area (Å²) in [5.74, 6) is 0.382. The Bertz CT molecular complexity index is 1480. The summed E-state index contributed by atoms with van der Waals surface area (Å²) in [7, 11) is 0. The van der Waals surface area contributed by atoms with E-state index >= 15 is 0 Å². The number of hydrogen-bond acceptors (Lipinski definition) is 4. The van der Waals surface area contributed by atoms with Crippen molar-refractivity contribution in [3.63, 3.8) is 0 Å². The molecule has 0 saturated heterocycles. The first kappa shape index (κ1) is 24.5. The molecule has 1 amide bonds. The van der Waals surface area contributed by atoms with Gasteiger partial charge >= 0.3 is 0 Å². The first-order valence-corrected chi connectivity index (χ1v) is 13.6. The number of thiophene rings is 1. The summed E-state index contributed by atoms with van der Waals surface area (Å²) in [6, 6.07) is 25.9. The van der Waals surface area contributed by atoms with Gasteiger partial charge in [0.2, 0.25) is 0 Å². The number of amides is 1. The minimum absolute atomic E-state index is 0.188. The van der Waals surface area contributed by atoms with E-state index in [0.717, 1.165) is 31.1 Å². The van der Waals surface area contributed by atoms with Crippen molar-refractivity contribution in [1.82, 2.24) is 19.6 Å². The predicted octanol–water partition coefficient (Wildman–Crippen LogP) is 7.00. The summed E-state index contributed by atoms with van der Waals surface area (Å²) < 4.78 is 4.70. The Morgan fingerprint density at radius 1 is 0.972 bits per heavy atom. The van der Waals surface area contributed by atoms with Crippen LogP contribution in [0.4, 0.5) is 5.82 Å². The molecule has 182 valence electrons. The van der Waals surface area contributed by atoms with E-state index in [4.69, 9.17) is 10.2 Å². The molecule has 0 unspecified atom stereocenters. The number of benzene rings is 2. The van der Waals surface area contributed by atoms with Crippen molar-refractivity contribution in [2.75, 3.05) is 5.32 Å². The molecule has 0 bridgehead atoms. The second-order valence-electron chi connectivity index (χ2n) is 9.54. The van der Waals surface area contributed by atoms with Crippen LogP contribution in [0.1, 0.15) is 42.5 Å². The van der Waals surface area contributed by atoms with E-state index in [2.05, 4.69) is 48.7 Å². The molecular formula is C28H26IN5OS. The molecule has 0 aliphatic heterocycles. The van der Waals surface area contributed by atoms with Crippen molar-refractivity contribution in [2.45, 2.75) is 32.7 Å². The summed E-state index contributed by atoms with van der Waals surface area (Å²) in [6.07, 6.45) is 0. The molecule has 0 aliphatic rings. The minimum atomic E-state index is -0.224. The van der Waals surface area contributed by atoms with Gasteiger partial charge in [-0.3, -0.25) is 9.48 Å². The van der Waals surface area contributed by atoms with E-state index in [9.17, 15) is 4.79 Å². The van der Waals surface area contributed by atoms with Crippen LogP contribution in [0.5, 0.6) is 0 Å². The molecule has 0 radical (unpaired) electrons. The highest BCUT2D eigenvalue weighted by Crippen LogP contribution is 2.29. The Kier molecular flexibility index (Phi) is 6.81. The minimum Gasteiger partial charge on any atom is -0.305 e. The van der Waals surface area contributed by atoms with Crippen molar-refractivity contribution < 1.29 is 4.79 Å². The second-order valence-corrected chi connectivity index (χ2v) is 11.7. The van der Waals surface area contributed by atoms with Gasteiger partial charge in [0, 0.05) is 15.1 Å². The van der Waals surface area contributed by atoms with Gasteiger partial charge in [-0.1, -0.05) is 57.2 Å². The van der Waals surface area contributed by atoms with Crippen LogP contribution < -0.4 is 5.32 Å². The fourth-order valence-corrected chi connectivity index (χ4v) is 4.86. The van der Waals surface area contributed by atoms with E-state index in [1.165, 1.54) is 0 Å². The second kappa shape index (κ2) is 10.0. The van der Waals surface area contributed by atoms with Crippen LogP contribution in [0.15, 0.2) is 84.2 Å². The molecule has 3 aromatic heterocycles. The molecule has 0 atom stereocenters. The molecule has 5 aromatic rings. The summed E-state index contributed by atoms with van der Waals surface area (Å²) in [5.41, 5.74) is 3.96. The zero-order valence-electron chi connectivity index (χ0n) is 20.3. The van der Waals surface area contributed by atoms with Crippen LogP contribution in [0.3, 0.4) is 0 Å². The zero-order chi connectivity index (χ0) is 25.3. The normalized spacial score (nSPS) is 11.6. The lowest BCUT2D eigenvalue weighted by atomic mass is 9.92. The number of nitrogens with one attached hydrogen (secondary N) is 1. The standard InChI is InChI=1S/C28H26IN5OS/c1-28(2,3)25-17-23(33(32-25)18-19-8-5-4-6-9-19)27(35)30-26-16-22(24-10-7-15-36-24)31-34(26)21-13-11-20(29)12-14-21/h4-17H,18H2,1-3H3,(H,30,35). The quantitative estimate of drug-likeness (QED) is 0.212. The third-order valence-corrected chi connectivity index (χ3v) is 7.36. The molecule has 0 aliphatic carbocycles.